The fourth-order valence-corrected chi connectivity index (χ4v) is 3.51. The highest BCUT2D eigenvalue weighted by molar-refractivity contribution is 4.92. The molecule has 0 aliphatic rings. The second kappa shape index (κ2) is 25.4. The Labute approximate surface area is 171 Å². The van der Waals surface area contributed by atoms with Gasteiger partial charge < -0.3 is 5.11 Å². The van der Waals surface area contributed by atoms with Gasteiger partial charge in [-0.15, -0.1) is 0 Å². The first-order chi connectivity index (χ1) is 13.4. The molecular weight excluding hydrogens is 328 g/mol. The number of allylic oxidation sites excluding steroid dienone is 4. The van der Waals surface area contributed by atoms with Gasteiger partial charge in [0.05, 0.1) is 0 Å². The first kappa shape index (κ1) is 26.4. The number of rotatable bonds is 22. The monoisotopic (exact) mass is 378 g/mol. The van der Waals surface area contributed by atoms with Crippen molar-refractivity contribution in [1.82, 2.24) is 0 Å². The van der Waals surface area contributed by atoms with E-state index in [0.717, 1.165) is 12.8 Å². The summed E-state index contributed by atoms with van der Waals surface area (Å²) in [5.74, 6) is 0. The maximum Gasteiger partial charge on any atom is 0.0431 e. The molecule has 0 heterocycles. The summed E-state index contributed by atoms with van der Waals surface area (Å²) in [7, 11) is 0. The van der Waals surface area contributed by atoms with Crippen molar-refractivity contribution in [2.45, 2.75) is 135 Å². The van der Waals surface area contributed by atoms with E-state index in [1.54, 1.807) is 0 Å². The summed E-state index contributed by atoms with van der Waals surface area (Å²) in [4.78, 5) is 0. The van der Waals surface area contributed by atoms with Gasteiger partial charge in [-0.1, -0.05) is 121 Å². The lowest BCUT2D eigenvalue weighted by atomic mass is 10.0. The van der Waals surface area contributed by atoms with E-state index in [9.17, 15) is 0 Å². The third kappa shape index (κ3) is 25.4. The van der Waals surface area contributed by atoms with Gasteiger partial charge in [0, 0.05) is 6.61 Å². The first-order valence-electron chi connectivity index (χ1n) is 12.3. The van der Waals surface area contributed by atoms with E-state index in [-0.39, 0.29) is 0 Å². The van der Waals surface area contributed by atoms with Gasteiger partial charge in [-0.05, 0) is 38.5 Å². The SMILES string of the molecule is CCCCCC=CCC=CCCCCCCCCCCCCCCCCO. The van der Waals surface area contributed by atoms with Crippen LogP contribution in [-0.2, 0) is 0 Å². The van der Waals surface area contributed by atoms with Crippen LogP contribution < -0.4 is 0 Å². The minimum absolute atomic E-state index is 0.369. The molecule has 0 radical (unpaired) electrons. The van der Waals surface area contributed by atoms with Crippen molar-refractivity contribution in [3.63, 3.8) is 0 Å². The zero-order valence-electron chi connectivity index (χ0n) is 18.6. The van der Waals surface area contributed by atoms with Gasteiger partial charge in [0.15, 0.2) is 0 Å². The Morgan fingerprint density at radius 3 is 1.22 bits per heavy atom. The lowest BCUT2D eigenvalue weighted by Crippen LogP contribution is -1.85. The summed E-state index contributed by atoms with van der Waals surface area (Å²) in [5.41, 5.74) is 0. The molecule has 0 fully saturated rings. The molecule has 0 rings (SSSR count). The van der Waals surface area contributed by atoms with Crippen LogP contribution in [0, 0.1) is 0 Å². The summed E-state index contributed by atoms with van der Waals surface area (Å²) in [6.07, 6.45) is 36.1. The molecule has 0 aromatic carbocycles. The molecule has 0 bridgehead atoms. The van der Waals surface area contributed by atoms with E-state index in [1.807, 2.05) is 0 Å². The predicted molar refractivity (Wildman–Crippen MR) is 123 cm³/mol. The van der Waals surface area contributed by atoms with E-state index < -0.39 is 0 Å². The van der Waals surface area contributed by atoms with E-state index in [4.69, 9.17) is 5.11 Å². The first-order valence-corrected chi connectivity index (χ1v) is 12.3. The van der Waals surface area contributed by atoms with Crippen molar-refractivity contribution in [3.05, 3.63) is 24.3 Å². The van der Waals surface area contributed by atoms with Crippen molar-refractivity contribution in [2.75, 3.05) is 6.61 Å². The molecular formula is C26H50O. The molecule has 1 nitrogen and oxygen atoms in total. The second-order valence-electron chi connectivity index (χ2n) is 8.14. The molecule has 0 aromatic heterocycles. The minimum Gasteiger partial charge on any atom is -0.396 e. The molecule has 0 spiro atoms. The fourth-order valence-electron chi connectivity index (χ4n) is 3.51. The van der Waals surface area contributed by atoms with Gasteiger partial charge in [0.25, 0.3) is 0 Å². The van der Waals surface area contributed by atoms with Gasteiger partial charge in [0.2, 0.25) is 0 Å². The Bertz CT molecular complexity index is 305. The summed E-state index contributed by atoms with van der Waals surface area (Å²) in [5, 5.41) is 8.73. The maximum absolute atomic E-state index is 8.73. The number of unbranched alkanes of at least 4 members (excludes halogenated alkanes) is 17. The van der Waals surface area contributed by atoms with Gasteiger partial charge in [0.1, 0.15) is 0 Å². The molecule has 0 aliphatic carbocycles. The summed E-state index contributed by atoms with van der Waals surface area (Å²) < 4.78 is 0. The van der Waals surface area contributed by atoms with Crippen LogP contribution in [0.5, 0.6) is 0 Å². The molecule has 1 N–H and O–H groups in total. The average molecular weight is 379 g/mol. The minimum atomic E-state index is 0.369. The molecule has 0 saturated carbocycles. The van der Waals surface area contributed by atoms with Crippen molar-refractivity contribution < 1.29 is 5.11 Å². The Morgan fingerprint density at radius 1 is 0.444 bits per heavy atom. The number of hydrogen-bond acceptors (Lipinski definition) is 1. The quantitative estimate of drug-likeness (QED) is 0.147. The van der Waals surface area contributed by atoms with Crippen LogP contribution in [0.3, 0.4) is 0 Å². The zero-order valence-corrected chi connectivity index (χ0v) is 18.6. The molecule has 27 heavy (non-hydrogen) atoms. The molecule has 0 saturated heterocycles. The van der Waals surface area contributed by atoms with Crippen LogP contribution in [0.1, 0.15) is 135 Å². The predicted octanol–water partition coefficient (Wildman–Crippen LogP) is 8.91. The van der Waals surface area contributed by atoms with Crippen molar-refractivity contribution >= 4 is 0 Å². The van der Waals surface area contributed by atoms with E-state index in [0.29, 0.717) is 6.61 Å². The van der Waals surface area contributed by atoms with Crippen molar-refractivity contribution in [3.8, 4) is 0 Å². The number of aliphatic hydroxyl groups excluding tert-OH is 1. The van der Waals surface area contributed by atoms with E-state index >= 15 is 0 Å². The number of aliphatic hydroxyl groups is 1. The highest BCUT2D eigenvalue weighted by Gasteiger charge is 1.94. The topological polar surface area (TPSA) is 20.2 Å². The van der Waals surface area contributed by atoms with Crippen LogP contribution in [0.25, 0.3) is 0 Å². The molecule has 0 unspecified atom stereocenters. The summed E-state index contributed by atoms with van der Waals surface area (Å²) in [6.45, 7) is 2.63. The van der Waals surface area contributed by atoms with Gasteiger partial charge in [-0.25, -0.2) is 0 Å². The molecule has 0 aliphatic heterocycles. The average Bonchev–Trinajstić information content (AvgIpc) is 2.68. The Kier molecular flexibility index (Phi) is 24.9. The fraction of sp³-hybridized carbons (Fsp3) is 0.846. The van der Waals surface area contributed by atoms with Crippen LogP contribution in [0.2, 0.25) is 0 Å². The summed E-state index contributed by atoms with van der Waals surface area (Å²) in [6, 6.07) is 0. The zero-order chi connectivity index (χ0) is 19.7. The summed E-state index contributed by atoms with van der Waals surface area (Å²) >= 11 is 0. The molecule has 0 atom stereocenters. The Balaban J connectivity index is 3.09. The third-order valence-corrected chi connectivity index (χ3v) is 5.36. The third-order valence-electron chi connectivity index (χ3n) is 5.36. The van der Waals surface area contributed by atoms with Gasteiger partial charge in [-0.2, -0.15) is 0 Å². The highest BCUT2D eigenvalue weighted by atomic mass is 16.2. The van der Waals surface area contributed by atoms with Crippen molar-refractivity contribution in [1.29, 1.82) is 0 Å². The lowest BCUT2D eigenvalue weighted by Gasteiger charge is -2.03. The lowest BCUT2D eigenvalue weighted by molar-refractivity contribution is 0.282. The van der Waals surface area contributed by atoms with Crippen LogP contribution in [0.15, 0.2) is 24.3 Å². The largest absolute Gasteiger partial charge is 0.396 e. The van der Waals surface area contributed by atoms with Crippen molar-refractivity contribution in [2.24, 2.45) is 0 Å². The van der Waals surface area contributed by atoms with Gasteiger partial charge >= 0.3 is 0 Å². The Morgan fingerprint density at radius 2 is 0.815 bits per heavy atom. The molecule has 1 heteroatoms. The van der Waals surface area contributed by atoms with Crippen LogP contribution in [-0.4, -0.2) is 11.7 Å². The normalized spacial score (nSPS) is 11.9. The Hall–Kier alpha value is -0.560. The standard InChI is InChI=1S/C26H50O/c1-2-3-4-5-6-7-8-9-10-11-12-13-14-15-16-17-18-19-20-21-22-23-24-25-26-27/h6-7,9-10,27H,2-5,8,11-26H2,1H3. The molecule has 0 aromatic rings. The number of hydrogen-bond donors (Lipinski definition) is 1. The van der Waals surface area contributed by atoms with Crippen LogP contribution in [0.4, 0.5) is 0 Å². The van der Waals surface area contributed by atoms with Crippen LogP contribution >= 0.6 is 0 Å². The molecule has 0 amide bonds. The maximum atomic E-state index is 8.73. The second-order valence-corrected chi connectivity index (χ2v) is 8.14. The highest BCUT2D eigenvalue weighted by Crippen LogP contribution is 2.13. The van der Waals surface area contributed by atoms with E-state index in [2.05, 4.69) is 31.2 Å². The van der Waals surface area contributed by atoms with Gasteiger partial charge in [-0.3, -0.25) is 0 Å². The smallest absolute Gasteiger partial charge is 0.0431 e. The molecule has 160 valence electrons. The van der Waals surface area contributed by atoms with E-state index in [1.165, 1.54) is 116 Å².